The zero-order valence-corrected chi connectivity index (χ0v) is 7.53. The van der Waals surface area contributed by atoms with Crippen molar-refractivity contribution in [3.8, 4) is 0 Å². The Labute approximate surface area is 80.6 Å². The van der Waals surface area contributed by atoms with Gasteiger partial charge < -0.3 is 10.1 Å². The summed E-state index contributed by atoms with van der Waals surface area (Å²) >= 11 is 0. The van der Waals surface area contributed by atoms with Gasteiger partial charge in [-0.25, -0.2) is 4.98 Å². The number of carbonyl (C=O) groups is 1. The second-order valence-corrected chi connectivity index (χ2v) is 3.03. The van der Waals surface area contributed by atoms with Crippen molar-refractivity contribution in [3.05, 3.63) is 30.1 Å². The highest BCUT2D eigenvalue weighted by Gasteiger charge is 2.06. The molecule has 0 radical (unpaired) electrons. The number of aliphatic hydroxyl groups excluding tert-OH is 1. The molecule has 1 aromatic heterocycles. The predicted molar refractivity (Wildman–Crippen MR) is 52.1 cm³/mol. The normalized spacial score (nSPS) is 10.6. The summed E-state index contributed by atoms with van der Waals surface area (Å²) in [5.41, 5.74) is 2.29. The molecular formula is C10H10N2O2. The van der Waals surface area contributed by atoms with E-state index < -0.39 is 0 Å². The number of H-pyrrole nitrogens is 1. The summed E-state index contributed by atoms with van der Waals surface area (Å²) in [6, 6.07) is 5.26. The van der Waals surface area contributed by atoms with Crippen molar-refractivity contribution in [1.82, 2.24) is 9.97 Å². The van der Waals surface area contributed by atoms with E-state index in [1.54, 1.807) is 24.5 Å². The highest BCUT2D eigenvalue weighted by atomic mass is 16.3. The first-order chi connectivity index (χ1) is 6.81. The molecule has 1 aromatic carbocycles. The van der Waals surface area contributed by atoms with Crippen LogP contribution in [0.1, 0.15) is 16.8 Å². The van der Waals surface area contributed by atoms with Gasteiger partial charge in [-0.05, 0) is 18.2 Å². The number of Topliss-reactive ketones (excluding diaryl/α,β-unsaturated/α-hetero) is 1. The van der Waals surface area contributed by atoms with E-state index in [1.165, 1.54) is 0 Å². The molecule has 0 aliphatic rings. The molecule has 0 saturated heterocycles. The molecule has 4 nitrogen and oxygen atoms in total. The van der Waals surface area contributed by atoms with Crippen molar-refractivity contribution in [2.75, 3.05) is 6.61 Å². The molecule has 1 heterocycles. The molecule has 2 N–H and O–H groups in total. The molecule has 0 atom stereocenters. The molecule has 0 aliphatic heterocycles. The molecule has 72 valence electrons. The summed E-state index contributed by atoms with van der Waals surface area (Å²) in [6.07, 6.45) is 1.75. The third-order valence-electron chi connectivity index (χ3n) is 2.08. The van der Waals surface area contributed by atoms with E-state index in [0.717, 1.165) is 11.0 Å². The van der Waals surface area contributed by atoms with Crippen LogP contribution in [0.3, 0.4) is 0 Å². The minimum atomic E-state index is -0.111. The van der Waals surface area contributed by atoms with Crippen LogP contribution in [0, 0.1) is 0 Å². The number of nitrogens with one attached hydrogen (secondary N) is 1. The van der Waals surface area contributed by atoms with Gasteiger partial charge in [0.05, 0.1) is 24.0 Å². The van der Waals surface area contributed by atoms with Crippen LogP contribution in [0.5, 0.6) is 0 Å². The highest BCUT2D eigenvalue weighted by Crippen LogP contribution is 2.12. The minimum Gasteiger partial charge on any atom is -0.396 e. The Hall–Kier alpha value is -1.68. The zero-order chi connectivity index (χ0) is 9.97. The first-order valence-electron chi connectivity index (χ1n) is 4.38. The molecule has 0 amide bonds. The molecule has 0 spiro atoms. The number of hydrogen-bond donors (Lipinski definition) is 2. The molecule has 2 aromatic rings. The zero-order valence-electron chi connectivity index (χ0n) is 7.53. The van der Waals surface area contributed by atoms with Gasteiger partial charge in [-0.2, -0.15) is 0 Å². The Bertz CT molecular complexity index is 462. The number of fused-ring (bicyclic) bond motifs is 1. The predicted octanol–water partition coefficient (Wildman–Crippen LogP) is 1.13. The lowest BCUT2D eigenvalue weighted by atomic mass is 10.1. The lowest BCUT2D eigenvalue weighted by molar-refractivity contribution is 0.0957. The number of carbonyl (C=O) groups excluding carboxylic acids is 1. The second-order valence-electron chi connectivity index (χ2n) is 3.03. The van der Waals surface area contributed by atoms with Crippen molar-refractivity contribution < 1.29 is 9.90 Å². The first kappa shape index (κ1) is 8.90. The van der Waals surface area contributed by atoms with Crippen LogP contribution in [0.15, 0.2) is 24.5 Å². The Kier molecular flexibility index (Phi) is 2.28. The summed E-state index contributed by atoms with van der Waals surface area (Å²) in [5, 5.41) is 8.63. The van der Waals surface area contributed by atoms with Crippen molar-refractivity contribution in [1.29, 1.82) is 0 Å². The Morgan fingerprint density at radius 1 is 1.50 bits per heavy atom. The summed E-state index contributed by atoms with van der Waals surface area (Å²) in [4.78, 5) is 18.4. The number of aliphatic hydroxyl groups is 1. The Morgan fingerprint density at radius 3 is 3.14 bits per heavy atom. The maximum atomic E-state index is 11.4. The minimum absolute atomic E-state index is 0.0519. The lowest BCUT2D eigenvalue weighted by Gasteiger charge is -1.97. The van der Waals surface area contributed by atoms with Crippen molar-refractivity contribution in [2.24, 2.45) is 0 Å². The molecule has 0 aliphatic carbocycles. The molecule has 2 rings (SSSR count). The van der Waals surface area contributed by atoms with Gasteiger partial charge in [0, 0.05) is 12.0 Å². The SMILES string of the molecule is O=C(CCO)c1ccc2nc[nH]c2c1. The van der Waals surface area contributed by atoms with Gasteiger partial charge in [-0.1, -0.05) is 0 Å². The van der Waals surface area contributed by atoms with Gasteiger partial charge in [0.1, 0.15) is 0 Å². The molecular weight excluding hydrogens is 180 g/mol. The van der Waals surface area contributed by atoms with Crippen molar-refractivity contribution in [2.45, 2.75) is 6.42 Å². The number of imidazole rings is 1. The fourth-order valence-electron chi connectivity index (χ4n) is 1.35. The Morgan fingerprint density at radius 2 is 2.36 bits per heavy atom. The fraction of sp³-hybridized carbons (Fsp3) is 0.200. The van der Waals surface area contributed by atoms with Gasteiger partial charge >= 0.3 is 0 Å². The molecule has 0 unspecified atom stereocenters. The van der Waals surface area contributed by atoms with Crippen LogP contribution in [0.25, 0.3) is 11.0 Å². The third kappa shape index (κ3) is 1.52. The van der Waals surface area contributed by atoms with Gasteiger partial charge in [0.25, 0.3) is 0 Å². The van der Waals surface area contributed by atoms with Crippen molar-refractivity contribution >= 4 is 16.8 Å². The molecule has 0 saturated carbocycles. The molecule has 0 bridgehead atoms. The number of rotatable bonds is 3. The molecule has 14 heavy (non-hydrogen) atoms. The summed E-state index contributed by atoms with van der Waals surface area (Å²) in [7, 11) is 0. The summed E-state index contributed by atoms with van der Waals surface area (Å²) < 4.78 is 0. The summed E-state index contributed by atoms with van der Waals surface area (Å²) in [6.45, 7) is -0.111. The number of hydrogen-bond acceptors (Lipinski definition) is 3. The van der Waals surface area contributed by atoms with Crippen molar-refractivity contribution in [3.63, 3.8) is 0 Å². The van der Waals surface area contributed by atoms with E-state index in [2.05, 4.69) is 9.97 Å². The smallest absolute Gasteiger partial charge is 0.165 e. The topological polar surface area (TPSA) is 66.0 Å². The maximum Gasteiger partial charge on any atom is 0.165 e. The second kappa shape index (κ2) is 3.59. The number of nitrogens with zero attached hydrogens (tertiary/aromatic N) is 1. The van der Waals surface area contributed by atoms with E-state index in [9.17, 15) is 4.79 Å². The number of aromatic amines is 1. The number of ketones is 1. The van der Waals surface area contributed by atoms with Gasteiger partial charge in [-0.3, -0.25) is 4.79 Å². The van der Waals surface area contributed by atoms with E-state index in [4.69, 9.17) is 5.11 Å². The van der Waals surface area contributed by atoms with Crippen LogP contribution in [0.4, 0.5) is 0 Å². The average molecular weight is 190 g/mol. The van der Waals surface area contributed by atoms with Crippen LogP contribution in [-0.2, 0) is 0 Å². The van der Waals surface area contributed by atoms with E-state index in [1.807, 2.05) is 0 Å². The highest BCUT2D eigenvalue weighted by molar-refractivity contribution is 5.98. The van der Waals surface area contributed by atoms with Crippen LogP contribution >= 0.6 is 0 Å². The Balaban J connectivity index is 2.38. The van der Waals surface area contributed by atoms with E-state index in [0.29, 0.717) is 5.56 Å². The average Bonchev–Trinajstić information content (AvgIpc) is 2.64. The van der Waals surface area contributed by atoms with Gasteiger partial charge in [-0.15, -0.1) is 0 Å². The van der Waals surface area contributed by atoms with Gasteiger partial charge in [0.2, 0.25) is 0 Å². The van der Waals surface area contributed by atoms with Gasteiger partial charge in [0.15, 0.2) is 5.78 Å². The third-order valence-corrected chi connectivity index (χ3v) is 2.08. The molecule has 0 fully saturated rings. The lowest BCUT2D eigenvalue weighted by Crippen LogP contribution is -2.01. The number of aromatic nitrogens is 2. The van der Waals surface area contributed by atoms with E-state index in [-0.39, 0.29) is 18.8 Å². The van der Waals surface area contributed by atoms with Crippen LogP contribution < -0.4 is 0 Å². The number of benzene rings is 1. The standard InChI is InChI=1S/C10H10N2O2/c13-4-3-10(14)7-1-2-8-9(5-7)12-6-11-8/h1-2,5-6,13H,3-4H2,(H,11,12). The quantitative estimate of drug-likeness (QED) is 0.713. The monoisotopic (exact) mass is 190 g/mol. The molecule has 4 heteroatoms. The van der Waals surface area contributed by atoms with Crippen LogP contribution in [0.2, 0.25) is 0 Å². The maximum absolute atomic E-state index is 11.4. The largest absolute Gasteiger partial charge is 0.396 e. The summed E-state index contributed by atoms with van der Waals surface area (Å²) in [5.74, 6) is -0.0519. The van der Waals surface area contributed by atoms with E-state index >= 15 is 0 Å². The van der Waals surface area contributed by atoms with Crippen LogP contribution in [-0.4, -0.2) is 27.5 Å². The first-order valence-corrected chi connectivity index (χ1v) is 4.38. The fourth-order valence-corrected chi connectivity index (χ4v) is 1.35.